The summed E-state index contributed by atoms with van der Waals surface area (Å²) in [6, 6.07) is 12.7. The maximum Gasteiger partial charge on any atom is 0.175 e. The van der Waals surface area contributed by atoms with Crippen LogP contribution in [0.1, 0.15) is 38.8 Å². The predicted molar refractivity (Wildman–Crippen MR) is 122 cm³/mol. The molecule has 2 aromatic rings. The highest BCUT2D eigenvalue weighted by atomic mass is 32.2. The summed E-state index contributed by atoms with van der Waals surface area (Å²) in [6.07, 6.45) is 2.32. The Kier molecular flexibility index (Phi) is 7.07. The summed E-state index contributed by atoms with van der Waals surface area (Å²) in [5.41, 5.74) is -0.264. The van der Waals surface area contributed by atoms with E-state index in [1.165, 1.54) is 24.3 Å². The van der Waals surface area contributed by atoms with E-state index in [-0.39, 0.29) is 9.79 Å². The number of benzene rings is 2. The summed E-state index contributed by atoms with van der Waals surface area (Å²) < 4.78 is 52.3. The molecule has 0 N–H and O–H groups in total. The number of rotatable bonds is 4. The second kappa shape index (κ2) is 8.88. The van der Waals surface area contributed by atoms with Crippen molar-refractivity contribution in [2.45, 2.75) is 48.7 Å². The molecule has 0 bridgehead atoms. The van der Waals surface area contributed by atoms with E-state index in [2.05, 4.69) is 23.7 Å². The van der Waals surface area contributed by atoms with Gasteiger partial charge in [-0.05, 0) is 76.2 Å². The number of ether oxygens (including phenoxy) is 1. The van der Waals surface area contributed by atoms with Gasteiger partial charge < -0.3 is 4.74 Å². The van der Waals surface area contributed by atoms with Crippen molar-refractivity contribution in [3.63, 3.8) is 0 Å². The van der Waals surface area contributed by atoms with Gasteiger partial charge in [0.2, 0.25) is 0 Å². The molecule has 0 fully saturated rings. The van der Waals surface area contributed by atoms with Gasteiger partial charge in [-0.15, -0.1) is 0 Å². The fourth-order valence-corrected chi connectivity index (χ4v) is 3.97. The average molecular weight is 459 g/mol. The predicted octanol–water partition coefficient (Wildman–Crippen LogP) is 3.47. The third kappa shape index (κ3) is 7.88. The highest BCUT2D eigenvalue weighted by molar-refractivity contribution is 7.91. The molecular weight excluding hydrogens is 432 g/mol. The van der Waals surface area contributed by atoms with Crippen LogP contribution in [0.3, 0.4) is 0 Å². The van der Waals surface area contributed by atoms with Gasteiger partial charge in [-0.3, -0.25) is 0 Å². The molecule has 0 aromatic heterocycles. The van der Waals surface area contributed by atoms with E-state index in [4.69, 9.17) is 4.74 Å². The molecule has 31 heavy (non-hydrogen) atoms. The van der Waals surface area contributed by atoms with Crippen molar-refractivity contribution in [2.24, 2.45) is 0 Å². The Morgan fingerprint density at radius 3 is 1.16 bits per heavy atom. The fourth-order valence-electron chi connectivity index (χ4n) is 2.71. The summed E-state index contributed by atoms with van der Waals surface area (Å²) in [4.78, 5) is 0.490. The van der Waals surface area contributed by atoms with Crippen LogP contribution in [0.25, 0.3) is 0 Å². The second-order valence-corrected chi connectivity index (χ2v) is 12.2. The molecule has 2 rings (SSSR count). The lowest BCUT2D eigenvalue weighted by atomic mass is 10.0. The molecule has 0 saturated heterocycles. The minimum absolute atomic E-state index is 0.245. The monoisotopic (exact) mass is 458 g/mol. The molecular formula is C24H26O5S2. The number of hydrogen-bond donors (Lipinski definition) is 0. The van der Waals surface area contributed by atoms with Crippen LogP contribution in [0.2, 0.25) is 0 Å². The summed E-state index contributed by atoms with van der Waals surface area (Å²) in [7, 11) is -6.49. The van der Waals surface area contributed by atoms with Gasteiger partial charge in [-0.2, -0.15) is 0 Å². The molecule has 0 atom stereocenters. The van der Waals surface area contributed by atoms with Crippen LogP contribution in [-0.2, 0) is 24.4 Å². The Bertz CT molecular complexity index is 1170. The van der Waals surface area contributed by atoms with Crippen LogP contribution < -0.4 is 0 Å². The topological polar surface area (TPSA) is 77.5 Å². The van der Waals surface area contributed by atoms with Gasteiger partial charge in [-0.1, -0.05) is 23.7 Å². The van der Waals surface area contributed by atoms with Gasteiger partial charge in [0.05, 0.1) is 9.79 Å². The molecule has 5 nitrogen and oxygen atoms in total. The molecule has 164 valence electrons. The summed E-state index contributed by atoms with van der Waals surface area (Å²) >= 11 is 0. The zero-order valence-corrected chi connectivity index (χ0v) is 20.1. The quantitative estimate of drug-likeness (QED) is 0.656. The Balaban J connectivity index is 2.14. The lowest BCUT2D eigenvalue weighted by Gasteiger charge is -2.28. The standard InChI is InChI=1S/C24H26O5S2/c1-23(2,17-15-19-7-11-21(12-8-19)30(5,25)26)29-24(3,4)18-16-20-9-13-22(14-10-20)31(6,27)28/h7-14H,1-6H3. The molecule has 7 heteroatoms. The van der Waals surface area contributed by atoms with Crippen molar-refractivity contribution in [1.82, 2.24) is 0 Å². The van der Waals surface area contributed by atoms with Crippen LogP contribution in [0.4, 0.5) is 0 Å². The Morgan fingerprint density at radius 2 is 0.903 bits per heavy atom. The summed E-state index contributed by atoms with van der Waals surface area (Å²) in [6.45, 7) is 7.31. The number of sulfone groups is 2. The minimum Gasteiger partial charge on any atom is -0.344 e. The molecule has 0 spiro atoms. The highest BCUT2D eigenvalue weighted by Gasteiger charge is 2.26. The number of hydrogen-bond acceptors (Lipinski definition) is 5. The average Bonchev–Trinajstić information content (AvgIpc) is 2.63. The van der Waals surface area contributed by atoms with Gasteiger partial charge in [0.25, 0.3) is 0 Å². The van der Waals surface area contributed by atoms with Crippen LogP contribution in [0.5, 0.6) is 0 Å². The lowest BCUT2D eigenvalue weighted by Crippen LogP contribution is -2.35. The molecule has 0 amide bonds. The van der Waals surface area contributed by atoms with Crippen LogP contribution in [-0.4, -0.2) is 40.5 Å². The molecule has 0 aliphatic heterocycles. The summed E-state index contributed by atoms with van der Waals surface area (Å²) in [5, 5.41) is 0. The van der Waals surface area contributed by atoms with Gasteiger partial charge >= 0.3 is 0 Å². The molecule has 0 unspecified atom stereocenters. The van der Waals surface area contributed by atoms with Crippen molar-refractivity contribution in [1.29, 1.82) is 0 Å². The minimum atomic E-state index is -3.24. The van der Waals surface area contributed by atoms with Crippen molar-refractivity contribution < 1.29 is 21.6 Å². The maximum atomic E-state index is 11.5. The first kappa shape index (κ1) is 24.7. The largest absolute Gasteiger partial charge is 0.344 e. The smallest absolute Gasteiger partial charge is 0.175 e. The zero-order valence-electron chi connectivity index (χ0n) is 18.5. The fraction of sp³-hybridized carbons (Fsp3) is 0.333. The summed E-state index contributed by atoms with van der Waals surface area (Å²) in [5.74, 6) is 12.1. The van der Waals surface area contributed by atoms with Crippen molar-refractivity contribution in [3.05, 3.63) is 59.7 Å². The van der Waals surface area contributed by atoms with E-state index >= 15 is 0 Å². The van der Waals surface area contributed by atoms with E-state index in [0.29, 0.717) is 11.1 Å². The van der Waals surface area contributed by atoms with Gasteiger partial charge in [-0.25, -0.2) is 16.8 Å². The van der Waals surface area contributed by atoms with Crippen LogP contribution in [0.15, 0.2) is 58.3 Å². The second-order valence-electron chi connectivity index (χ2n) is 8.22. The Hall–Kier alpha value is -2.58. The first-order chi connectivity index (χ1) is 14.1. The SMILES string of the molecule is CC(C)(C#Cc1ccc(S(C)(=O)=O)cc1)OC(C)(C)C#Cc1ccc(S(C)(=O)=O)cc1. The first-order valence-electron chi connectivity index (χ1n) is 9.44. The Morgan fingerprint density at radius 1 is 0.613 bits per heavy atom. The van der Waals surface area contributed by atoms with Crippen molar-refractivity contribution >= 4 is 19.7 Å². The molecule has 0 radical (unpaired) electrons. The van der Waals surface area contributed by atoms with E-state index in [0.717, 1.165) is 12.5 Å². The lowest BCUT2D eigenvalue weighted by molar-refractivity contribution is -0.0570. The Labute approximate surface area is 185 Å². The van der Waals surface area contributed by atoms with Gasteiger partial charge in [0, 0.05) is 23.6 Å². The molecule has 0 heterocycles. The van der Waals surface area contributed by atoms with Crippen LogP contribution in [0, 0.1) is 23.7 Å². The highest BCUT2D eigenvalue weighted by Crippen LogP contribution is 2.20. The zero-order chi connectivity index (χ0) is 23.5. The maximum absolute atomic E-state index is 11.5. The van der Waals surface area contributed by atoms with Crippen LogP contribution >= 0.6 is 0 Å². The molecule has 0 aliphatic rings. The van der Waals surface area contributed by atoms with Gasteiger partial charge in [0.1, 0.15) is 11.2 Å². The molecule has 2 aromatic carbocycles. The van der Waals surface area contributed by atoms with E-state index < -0.39 is 30.9 Å². The van der Waals surface area contributed by atoms with Gasteiger partial charge in [0.15, 0.2) is 19.7 Å². The van der Waals surface area contributed by atoms with E-state index in [9.17, 15) is 16.8 Å². The van der Waals surface area contributed by atoms with E-state index in [1.54, 1.807) is 24.3 Å². The third-order valence-corrected chi connectivity index (χ3v) is 6.35. The van der Waals surface area contributed by atoms with Crippen molar-refractivity contribution in [3.8, 4) is 23.7 Å². The normalized spacial score (nSPS) is 12.3. The third-order valence-electron chi connectivity index (χ3n) is 4.09. The molecule has 0 saturated carbocycles. The first-order valence-corrected chi connectivity index (χ1v) is 13.2. The molecule has 0 aliphatic carbocycles. The van der Waals surface area contributed by atoms with E-state index in [1.807, 2.05) is 27.7 Å². The van der Waals surface area contributed by atoms with Crippen molar-refractivity contribution in [2.75, 3.05) is 12.5 Å².